The highest BCUT2D eigenvalue weighted by Crippen LogP contribution is 2.07. The zero-order valence-corrected chi connectivity index (χ0v) is 5.93. The van der Waals surface area contributed by atoms with Crippen LogP contribution >= 0.6 is 15.9 Å². The molecule has 0 unspecified atom stereocenters. The van der Waals surface area contributed by atoms with Gasteiger partial charge in [-0.2, -0.15) is 0 Å². The molecule has 1 aliphatic heterocycles. The molecule has 0 aliphatic carbocycles. The van der Waals surface area contributed by atoms with Crippen LogP contribution in [0.2, 0.25) is 0 Å². The van der Waals surface area contributed by atoms with Crippen molar-refractivity contribution >= 4 is 22.1 Å². The highest BCUT2D eigenvalue weighted by Gasteiger charge is 1.83. The molecule has 0 atom stereocenters. The van der Waals surface area contributed by atoms with Gasteiger partial charge in [-0.15, -0.1) is 0 Å². The number of aliphatic imine (C=N–C) groups is 1. The van der Waals surface area contributed by atoms with Crippen molar-refractivity contribution in [2.75, 3.05) is 0 Å². The highest BCUT2D eigenvalue weighted by atomic mass is 79.9. The maximum Gasteiger partial charge on any atom is 0.105 e. The SMILES string of the molecule is BrC1=CC=CCC=N1. The summed E-state index contributed by atoms with van der Waals surface area (Å²) in [5.41, 5.74) is 0. The molecule has 0 radical (unpaired) electrons. The Bertz CT molecular complexity index is 156. The Kier molecular flexibility index (Phi) is 2.03. The minimum Gasteiger partial charge on any atom is -0.253 e. The van der Waals surface area contributed by atoms with Crippen molar-refractivity contribution < 1.29 is 0 Å². The first-order chi connectivity index (χ1) is 3.89. The third-order valence-electron chi connectivity index (χ3n) is 0.826. The molecule has 8 heavy (non-hydrogen) atoms. The summed E-state index contributed by atoms with van der Waals surface area (Å²) in [6, 6.07) is 0. The second kappa shape index (κ2) is 2.82. The van der Waals surface area contributed by atoms with Gasteiger partial charge in [0.25, 0.3) is 0 Å². The Morgan fingerprint density at radius 2 is 2.50 bits per heavy atom. The van der Waals surface area contributed by atoms with Crippen molar-refractivity contribution in [3.05, 3.63) is 22.8 Å². The largest absolute Gasteiger partial charge is 0.253 e. The molecule has 0 aromatic carbocycles. The monoisotopic (exact) mass is 171 g/mol. The summed E-state index contributed by atoms with van der Waals surface area (Å²) in [5.74, 6) is 0. The maximum absolute atomic E-state index is 4.01. The molecule has 0 saturated heterocycles. The molecule has 0 spiro atoms. The molecule has 42 valence electrons. The molecule has 1 nitrogen and oxygen atoms in total. The Labute approximate surface area is 56.9 Å². The summed E-state index contributed by atoms with van der Waals surface area (Å²) in [4.78, 5) is 4.01. The number of rotatable bonds is 0. The second-order valence-electron chi connectivity index (χ2n) is 1.46. The third-order valence-corrected chi connectivity index (χ3v) is 1.30. The van der Waals surface area contributed by atoms with E-state index in [0.717, 1.165) is 11.0 Å². The Morgan fingerprint density at radius 1 is 1.62 bits per heavy atom. The maximum atomic E-state index is 4.01. The van der Waals surface area contributed by atoms with E-state index >= 15 is 0 Å². The summed E-state index contributed by atoms with van der Waals surface area (Å²) >= 11 is 3.25. The zero-order valence-electron chi connectivity index (χ0n) is 4.34. The molecule has 1 aliphatic rings. The van der Waals surface area contributed by atoms with Gasteiger partial charge in [0.1, 0.15) is 4.61 Å². The number of nitrogens with zero attached hydrogens (tertiary/aromatic N) is 1. The molecule has 0 bridgehead atoms. The quantitative estimate of drug-likeness (QED) is 0.497. The van der Waals surface area contributed by atoms with E-state index in [0.29, 0.717) is 0 Å². The fraction of sp³-hybridized carbons (Fsp3) is 0.167. The van der Waals surface area contributed by atoms with Crippen molar-refractivity contribution in [2.45, 2.75) is 6.42 Å². The topological polar surface area (TPSA) is 12.4 Å². The Balaban J connectivity index is 2.73. The van der Waals surface area contributed by atoms with E-state index < -0.39 is 0 Å². The van der Waals surface area contributed by atoms with Crippen LogP contribution < -0.4 is 0 Å². The number of halogens is 1. The van der Waals surface area contributed by atoms with Gasteiger partial charge in [0.15, 0.2) is 0 Å². The highest BCUT2D eigenvalue weighted by molar-refractivity contribution is 9.11. The molecule has 0 saturated carbocycles. The van der Waals surface area contributed by atoms with Gasteiger partial charge in [-0.3, -0.25) is 4.99 Å². The van der Waals surface area contributed by atoms with E-state index in [1.54, 1.807) is 0 Å². The summed E-state index contributed by atoms with van der Waals surface area (Å²) < 4.78 is 0.895. The molecule has 0 fully saturated rings. The number of allylic oxidation sites excluding steroid dienone is 3. The standard InChI is InChI=1S/C6H6BrN/c7-6-4-2-1-3-5-8-6/h1-2,4-5H,3H2. The van der Waals surface area contributed by atoms with Crippen LogP contribution in [0.4, 0.5) is 0 Å². The van der Waals surface area contributed by atoms with Crippen LogP contribution in [-0.4, -0.2) is 6.21 Å². The predicted molar refractivity (Wildman–Crippen MR) is 39.3 cm³/mol. The van der Waals surface area contributed by atoms with Crippen molar-refractivity contribution in [3.8, 4) is 0 Å². The first-order valence-corrected chi connectivity index (χ1v) is 3.24. The van der Waals surface area contributed by atoms with Crippen LogP contribution in [0.15, 0.2) is 27.8 Å². The van der Waals surface area contributed by atoms with Crippen molar-refractivity contribution in [1.29, 1.82) is 0 Å². The summed E-state index contributed by atoms with van der Waals surface area (Å²) in [7, 11) is 0. The van der Waals surface area contributed by atoms with Crippen LogP contribution in [-0.2, 0) is 0 Å². The van der Waals surface area contributed by atoms with Gasteiger partial charge < -0.3 is 0 Å². The van der Waals surface area contributed by atoms with E-state index in [9.17, 15) is 0 Å². The number of hydrogen-bond acceptors (Lipinski definition) is 1. The van der Waals surface area contributed by atoms with E-state index in [4.69, 9.17) is 0 Å². The molecular weight excluding hydrogens is 166 g/mol. The molecule has 2 heteroatoms. The molecule has 0 amide bonds. The van der Waals surface area contributed by atoms with Crippen molar-refractivity contribution in [1.82, 2.24) is 0 Å². The van der Waals surface area contributed by atoms with Gasteiger partial charge >= 0.3 is 0 Å². The first-order valence-electron chi connectivity index (χ1n) is 2.44. The fourth-order valence-corrected chi connectivity index (χ4v) is 0.767. The summed E-state index contributed by atoms with van der Waals surface area (Å²) in [6.07, 6.45) is 8.76. The lowest BCUT2D eigenvalue weighted by molar-refractivity contribution is 1.49. The average Bonchev–Trinajstić information content (AvgIpc) is 1.94. The van der Waals surface area contributed by atoms with Crippen LogP contribution in [0.1, 0.15) is 6.42 Å². The molecular formula is C6H6BrN. The van der Waals surface area contributed by atoms with Gasteiger partial charge in [0, 0.05) is 12.6 Å². The lowest BCUT2D eigenvalue weighted by Crippen LogP contribution is -1.64. The lowest BCUT2D eigenvalue weighted by atomic mass is 10.4. The van der Waals surface area contributed by atoms with Crippen molar-refractivity contribution in [3.63, 3.8) is 0 Å². The summed E-state index contributed by atoms with van der Waals surface area (Å²) in [6.45, 7) is 0. The van der Waals surface area contributed by atoms with Crippen LogP contribution in [0, 0.1) is 0 Å². The van der Waals surface area contributed by atoms with Gasteiger partial charge in [-0.1, -0.05) is 12.2 Å². The Hall–Kier alpha value is -0.370. The lowest BCUT2D eigenvalue weighted by Gasteiger charge is -1.78. The normalized spacial score (nSPS) is 17.9. The predicted octanol–water partition coefficient (Wildman–Crippen LogP) is 2.25. The van der Waals surface area contributed by atoms with Gasteiger partial charge in [0.2, 0.25) is 0 Å². The van der Waals surface area contributed by atoms with E-state index in [1.165, 1.54) is 0 Å². The smallest absolute Gasteiger partial charge is 0.105 e. The van der Waals surface area contributed by atoms with Crippen LogP contribution in [0.25, 0.3) is 0 Å². The molecule has 0 aromatic heterocycles. The molecule has 1 rings (SSSR count). The molecule has 0 aromatic rings. The first kappa shape index (κ1) is 5.76. The van der Waals surface area contributed by atoms with Crippen LogP contribution in [0.3, 0.4) is 0 Å². The minimum atomic E-state index is 0.895. The summed E-state index contributed by atoms with van der Waals surface area (Å²) in [5, 5.41) is 0. The molecule has 1 heterocycles. The fourth-order valence-electron chi connectivity index (χ4n) is 0.470. The minimum absolute atomic E-state index is 0.895. The number of hydrogen-bond donors (Lipinski definition) is 0. The molecule has 0 N–H and O–H groups in total. The van der Waals surface area contributed by atoms with Gasteiger partial charge in [-0.05, 0) is 22.0 Å². The van der Waals surface area contributed by atoms with Gasteiger partial charge in [-0.25, -0.2) is 0 Å². The average molecular weight is 172 g/mol. The zero-order chi connectivity index (χ0) is 5.82. The van der Waals surface area contributed by atoms with E-state index in [2.05, 4.69) is 27.0 Å². The van der Waals surface area contributed by atoms with Gasteiger partial charge in [0.05, 0.1) is 0 Å². The third kappa shape index (κ3) is 1.62. The Morgan fingerprint density at radius 3 is 3.38 bits per heavy atom. The van der Waals surface area contributed by atoms with Crippen molar-refractivity contribution in [2.24, 2.45) is 4.99 Å². The van der Waals surface area contributed by atoms with Crippen LogP contribution in [0.5, 0.6) is 0 Å². The van der Waals surface area contributed by atoms with E-state index in [1.807, 2.05) is 18.4 Å². The van der Waals surface area contributed by atoms with E-state index in [-0.39, 0.29) is 0 Å². The second-order valence-corrected chi connectivity index (χ2v) is 2.28.